The lowest BCUT2D eigenvalue weighted by atomic mass is 10.1. The molecule has 18 heavy (non-hydrogen) atoms. The van der Waals surface area contributed by atoms with E-state index in [0.717, 1.165) is 24.0 Å². The van der Waals surface area contributed by atoms with E-state index in [2.05, 4.69) is 6.07 Å². The van der Waals surface area contributed by atoms with Gasteiger partial charge in [0, 0.05) is 0 Å². The van der Waals surface area contributed by atoms with Gasteiger partial charge < -0.3 is 0 Å². The Labute approximate surface area is 108 Å². The summed E-state index contributed by atoms with van der Waals surface area (Å²) in [5, 5.41) is 9.33. The van der Waals surface area contributed by atoms with Crippen molar-refractivity contribution in [2.24, 2.45) is 0 Å². The number of aryl methyl sites for hydroxylation is 2. The molecule has 3 nitrogen and oxygen atoms in total. The second-order valence-corrected chi connectivity index (χ2v) is 7.31. The molecule has 1 aromatic rings. The van der Waals surface area contributed by atoms with Crippen molar-refractivity contribution in [1.82, 2.24) is 0 Å². The molecular formula is C14H17NO2S. The van der Waals surface area contributed by atoms with Crippen LogP contribution in [0.1, 0.15) is 36.8 Å². The third kappa shape index (κ3) is 1.83. The Morgan fingerprint density at radius 2 is 1.83 bits per heavy atom. The maximum absolute atomic E-state index is 12.7. The molecule has 0 saturated heterocycles. The van der Waals surface area contributed by atoms with Crippen LogP contribution in [0.5, 0.6) is 0 Å². The summed E-state index contributed by atoms with van der Waals surface area (Å²) >= 11 is 0. The molecule has 1 aromatic carbocycles. The van der Waals surface area contributed by atoms with Crippen LogP contribution in [0.2, 0.25) is 0 Å². The molecule has 4 heteroatoms. The molecule has 2 rings (SSSR count). The van der Waals surface area contributed by atoms with Gasteiger partial charge in [0.15, 0.2) is 14.6 Å². The molecule has 1 saturated carbocycles. The lowest BCUT2D eigenvalue weighted by Gasteiger charge is -2.22. The quantitative estimate of drug-likeness (QED) is 0.824. The van der Waals surface area contributed by atoms with Crippen molar-refractivity contribution in [1.29, 1.82) is 5.26 Å². The van der Waals surface area contributed by atoms with E-state index in [0.29, 0.717) is 17.7 Å². The second kappa shape index (κ2) is 4.40. The zero-order chi connectivity index (χ0) is 13.4. The van der Waals surface area contributed by atoms with Crippen LogP contribution >= 0.6 is 0 Å². The fraction of sp³-hybridized carbons (Fsp3) is 0.500. The minimum Gasteiger partial charge on any atom is -0.222 e. The van der Waals surface area contributed by atoms with Gasteiger partial charge in [-0.1, -0.05) is 30.5 Å². The zero-order valence-electron chi connectivity index (χ0n) is 10.7. The first-order chi connectivity index (χ1) is 8.43. The Kier molecular flexibility index (Phi) is 3.20. The number of rotatable bonds is 2. The van der Waals surface area contributed by atoms with E-state index < -0.39 is 14.6 Å². The van der Waals surface area contributed by atoms with E-state index in [9.17, 15) is 13.7 Å². The Balaban J connectivity index is 2.58. The molecule has 0 N–H and O–H groups in total. The molecule has 0 aliphatic heterocycles. The summed E-state index contributed by atoms with van der Waals surface area (Å²) in [4.78, 5) is 0.316. The Hall–Kier alpha value is -1.34. The van der Waals surface area contributed by atoms with Crippen LogP contribution in [0.25, 0.3) is 0 Å². The highest BCUT2D eigenvalue weighted by atomic mass is 32.2. The van der Waals surface area contributed by atoms with E-state index in [-0.39, 0.29) is 0 Å². The third-order valence-electron chi connectivity index (χ3n) is 3.75. The summed E-state index contributed by atoms with van der Waals surface area (Å²) < 4.78 is 24.2. The SMILES string of the molecule is Cc1ccc(S(=O)(=O)C2(C#N)CCCC2)c(C)c1. The summed E-state index contributed by atoms with van der Waals surface area (Å²) in [5.41, 5.74) is 1.76. The van der Waals surface area contributed by atoms with Gasteiger partial charge in [-0.25, -0.2) is 8.42 Å². The van der Waals surface area contributed by atoms with Crippen LogP contribution in [-0.2, 0) is 9.84 Å². The van der Waals surface area contributed by atoms with Crippen LogP contribution < -0.4 is 0 Å². The van der Waals surface area contributed by atoms with Gasteiger partial charge in [-0.2, -0.15) is 5.26 Å². The highest BCUT2D eigenvalue weighted by molar-refractivity contribution is 7.93. The van der Waals surface area contributed by atoms with Crippen molar-refractivity contribution in [2.75, 3.05) is 0 Å². The first-order valence-electron chi connectivity index (χ1n) is 6.16. The minimum absolute atomic E-state index is 0.316. The van der Waals surface area contributed by atoms with Crippen molar-refractivity contribution >= 4 is 9.84 Å². The van der Waals surface area contributed by atoms with E-state index in [1.54, 1.807) is 19.1 Å². The standard InChI is InChI=1S/C14H17NO2S/c1-11-5-6-13(12(2)9-11)18(16,17)14(10-15)7-3-4-8-14/h5-6,9H,3-4,7-8H2,1-2H3. The van der Waals surface area contributed by atoms with Crippen molar-refractivity contribution < 1.29 is 8.42 Å². The van der Waals surface area contributed by atoms with Gasteiger partial charge in [0.05, 0.1) is 11.0 Å². The summed E-state index contributed by atoms with van der Waals surface area (Å²) in [5.74, 6) is 0. The molecule has 1 fully saturated rings. The van der Waals surface area contributed by atoms with E-state index >= 15 is 0 Å². The molecule has 96 valence electrons. The number of hydrogen-bond donors (Lipinski definition) is 0. The van der Waals surface area contributed by atoms with Crippen LogP contribution in [0.3, 0.4) is 0 Å². The molecule has 0 radical (unpaired) electrons. The average molecular weight is 263 g/mol. The Morgan fingerprint density at radius 3 is 2.33 bits per heavy atom. The van der Waals surface area contributed by atoms with Gasteiger partial charge in [0.2, 0.25) is 0 Å². The number of nitrogens with zero attached hydrogens (tertiary/aromatic N) is 1. The number of sulfone groups is 1. The Morgan fingerprint density at radius 1 is 1.22 bits per heavy atom. The molecule has 1 aliphatic carbocycles. The third-order valence-corrected chi connectivity index (χ3v) is 6.31. The largest absolute Gasteiger partial charge is 0.222 e. The van der Waals surface area contributed by atoms with Crippen molar-refractivity contribution in [3.8, 4) is 6.07 Å². The molecule has 0 spiro atoms. The first-order valence-corrected chi connectivity index (χ1v) is 7.64. The van der Waals surface area contributed by atoms with Gasteiger partial charge in [-0.15, -0.1) is 0 Å². The topological polar surface area (TPSA) is 57.9 Å². The zero-order valence-corrected chi connectivity index (χ0v) is 11.5. The summed E-state index contributed by atoms with van der Waals surface area (Å²) in [7, 11) is -3.56. The van der Waals surface area contributed by atoms with Gasteiger partial charge >= 0.3 is 0 Å². The fourth-order valence-corrected chi connectivity index (χ4v) is 4.80. The second-order valence-electron chi connectivity index (χ2n) is 5.09. The van der Waals surface area contributed by atoms with Gasteiger partial charge in [0.25, 0.3) is 0 Å². The molecule has 0 aromatic heterocycles. The van der Waals surface area contributed by atoms with E-state index in [1.807, 2.05) is 13.0 Å². The summed E-state index contributed by atoms with van der Waals surface area (Å²) in [6.07, 6.45) is 2.55. The molecule has 0 bridgehead atoms. The Bertz CT molecular complexity index is 605. The van der Waals surface area contributed by atoms with Crippen LogP contribution in [0.4, 0.5) is 0 Å². The maximum Gasteiger partial charge on any atom is 0.197 e. The van der Waals surface area contributed by atoms with Crippen LogP contribution in [-0.4, -0.2) is 13.2 Å². The molecule has 0 atom stereocenters. The van der Waals surface area contributed by atoms with Crippen LogP contribution in [0.15, 0.2) is 23.1 Å². The number of nitriles is 1. The minimum atomic E-state index is -3.56. The molecule has 0 amide bonds. The van der Waals surface area contributed by atoms with E-state index in [1.165, 1.54) is 0 Å². The first kappa shape index (κ1) is 13.1. The number of hydrogen-bond acceptors (Lipinski definition) is 3. The molecular weight excluding hydrogens is 246 g/mol. The highest BCUT2D eigenvalue weighted by Gasteiger charge is 2.47. The van der Waals surface area contributed by atoms with Crippen molar-refractivity contribution in [3.05, 3.63) is 29.3 Å². The number of benzene rings is 1. The molecule has 0 unspecified atom stereocenters. The molecule has 1 aliphatic rings. The smallest absolute Gasteiger partial charge is 0.197 e. The fourth-order valence-electron chi connectivity index (χ4n) is 2.70. The van der Waals surface area contributed by atoms with Crippen molar-refractivity contribution in [2.45, 2.75) is 49.2 Å². The predicted octanol–water partition coefficient (Wildman–Crippen LogP) is 2.91. The highest BCUT2D eigenvalue weighted by Crippen LogP contribution is 2.40. The van der Waals surface area contributed by atoms with Gasteiger partial charge in [-0.05, 0) is 38.3 Å². The molecule has 0 heterocycles. The lowest BCUT2D eigenvalue weighted by molar-refractivity contribution is 0.557. The van der Waals surface area contributed by atoms with Gasteiger partial charge in [-0.3, -0.25) is 0 Å². The lowest BCUT2D eigenvalue weighted by Crippen LogP contribution is -2.34. The average Bonchev–Trinajstić information content (AvgIpc) is 2.78. The predicted molar refractivity (Wildman–Crippen MR) is 69.9 cm³/mol. The van der Waals surface area contributed by atoms with Crippen molar-refractivity contribution in [3.63, 3.8) is 0 Å². The summed E-state index contributed by atoms with van der Waals surface area (Å²) in [6, 6.07) is 7.35. The van der Waals surface area contributed by atoms with Crippen LogP contribution in [0, 0.1) is 25.2 Å². The monoisotopic (exact) mass is 263 g/mol. The van der Waals surface area contributed by atoms with Gasteiger partial charge in [0.1, 0.15) is 0 Å². The van der Waals surface area contributed by atoms with E-state index in [4.69, 9.17) is 0 Å². The maximum atomic E-state index is 12.7. The normalized spacial score (nSPS) is 18.5. The summed E-state index contributed by atoms with van der Waals surface area (Å²) in [6.45, 7) is 3.72.